The second-order valence-corrected chi connectivity index (χ2v) is 23.8. The molecule has 17 heteroatoms. The monoisotopic (exact) mass is 1340 g/mol. The van der Waals surface area contributed by atoms with Gasteiger partial charge in [-0.15, -0.1) is 0 Å². The molecule has 3 aromatic heterocycles. The van der Waals surface area contributed by atoms with Gasteiger partial charge in [0.1, 0.15) is 0 Å². The van der Waals surface area contributed by atoms with E-state index in [1.807, 2.05) is 267 Å². The summed E-state index contributed by atoms with van der Waals surface area (Å²) in [6.45, 7) is 13.7. The summed E-state index contributed by atoms with van der Waals surface area (Å²) in [5.74, 6) is -0.432. The highest BCUT2D eigenvalue weighted by Crippen LogP contribution is 2.33. The van der Waals surface area contributed by atoms with Crippen molar-refractivity contribution in [3.8, 4) is 33.8 Å². The fourth-order valence-electron chi connectivity index (χ4n) is 10.8. The number of halogens is 1. The molecule has 0 aliphatic rings. The number of aromatic carboxylic acids is 1. The second-order valence-electron chi connectivity index (χ2n) is 23.5. The lowest BCUT2D eigenvalue weighted by Gasteiger charge is -2.14. The SMILES string of the molecule is COC(=O)c1ccc(N)c(C)c1.Cc1cc(C(=O)Nc2c(C)cccc2C)ccc1Nc1nc(-c2ccccc2)c2ccccc2n1.Cc1cc(C(=O)O)ccc1Nc1nc(-c2ccccc2)c2ccccc2n1.Cc1cccc(C)c1N.Clc1nc(-c2ccccc2)c2ccccc2n1. The fraction of sp³-hybridized carbons (Fsp3) is 0.0964. The molecule has 0 aliphatic carbocycles. The summed E-state index contributed by atoms with van der Waals surface area (Å²) in [6, 6.07) is 81.4. The van der Waals surface area contributed by atoms with Gasteiger partial charge in [0, 0.05) is 66.8 Å². The van der Waals surface area contributed by atoms with Gasteiger partial charge in [-0.05, 0) is 172 Å². The lowest BCUT2D eigenvalue weighted by molar-refractivity contribution is 0.0599. The number of fused-ring (bicyclic) bond motifs is 3. The number of nitrogen functional groups attached to an aromatic ring is 2. The van der Waals surface area contributed by atoms with E-state index in [1.165, 1.54) is 7.11 Å². The van der Waals surface area contributed by atoms with Crippen LogP contribution in [0.15, 0.2) is 255 Å². The van der Waals surface area contributed by atoms with Crippen LogP contribution in [0.25, 0.3) is 66.5 Å². The number of rotatable bonds is 11. The number of methoxy groups -OCH3 is 1. The molecule has 14 aromatic rings. The summed E-state index contributed by atoms with van der Waals surface area (Å²) in [7, 11) is 1.36. The minimum atomic E-state index is -0.946. The van der Waals surface area contributed by atoms with Crippen LogP contribution < -0.4 is 27.4 Å². The van der Waals surface area contributed by atoms with Gasteiger partial charge < -0.3 is 37.3 Å². The number of nitrogens with one attached hydrogen (secondary N) is 3. The molecule has 0 bridgehead atoms. The van der Waals surface area contributed by atoms with Crippen molar-refractivity contribution in [1.29, 1.82) is 0 Å². The molecule has 8 N–H and O–H groups in total. The van der Waals surface area contributed by atoms with Gasteiger partial charge in [-0.2, -0.15) is 0 Å². The largest absolute Gasteiger partial charge is 0.478 e. The maximum Gasteiger partial charge on any atom is 0.337 e. The smallest absolute Gasteiger partial charge is 0.337 e. The highest BCUT2D eigenvalue weighted by Gasteiger charge is 2.17. The minimum Gasteiger partial charge on any atom is -0.478 e. The number of esters is 1. The molecule has 0 saturated heterocycles. The van der Waals surface area contributed by atoms with E-state index < -0.39 is 5.97 Å². The number of nitrogens with zero attached hydrogens (tertiary/aromatic N) is 6. The van der Waals surface area contributed by atoms with Crippen molar-refractivity contribution in [3.05, 3.63) is 316 Å². The van der Waals surface area contributed by atoms with E-state index in [4.69, 9.17) is 43.1 Å². The zero-order valence-electron chi connectivity index (χ0n) is 56.5. The summed E-state index contributed by atoms with van der Waals surface area (Å²) in [4.78, 5) is 62.5. The molecule has 100 heavy (non-hydrogen) atoms. The van der Waals surface area contributed by atoms with Crippen molar-refractivity contribution in [1.82, 2.24) is 29.9 Å². The molecule has 11 aromatic carbocycles. The zero-order chi connectivity index (χ0) is 70.8. The molecule has 3 heterocycles. The Morgan fingerprint density at radius 1 is 0.390 bits per heavy atom. The number of ether oxygens (including phenoxy) is 1. The minimum absolute atomic E-state index is 0.134. The topological polar surface area (TPSA) is 246 Å². The average Bonchev–Trinajstić information content (AvgIpc) is 0.801. The third-order valence-electron chi connectivity index (χ3n) is 16.3. The Morgan fingerprint density at radius 3 is 1.19 bits per heavy atom. The number of carbonyl (C=O) groups is 3. The highest BCUT2D eigenvalue weighted by molar-refractivity contribution is 6.29. The van der Waals surface area contributed by atoms with Crippen LogP contribution in [0.5, 0.6) is 0 Å². The molecule has 0 aliphatic heterocycles. The van der Waals surface area contributed by atoms with E-state index in [0.717, 1.165) is 128 Å². The highest BCUT2D eigenvalue weighted by atomic mass is 35.5. The van der Waals surface area contributed by atoms with Crippen molar-refractivity contribution in [2.75, 3.05) is 34.5 Å². The van der Waals surface area contributed by atoms with E-state index in [9.17, 15) is 14.4 Å². The number of hydrogen-bond acceptors (Lipinski definition) is 14. The van der Waals surface area contributed by atoms with Crippen molar-refractivity contribution < 1.29 is 24.2 Å². The predicted octanol–water partition coefficient (Wildman–Crippen LogP) is 19.5. The number of amides is 1. The third-order valence-corrected chi connectivity index (χ3v) is 16.5. The standard InChI is InChI=1S/C30H26N4O.C22H17N3O2.C14H9ClN2.C9H11NO2.C8H11N/c1-19-10-9-11-20(2)27(19)33-29(35)23-16-17-25(21(3)18-23)31-30-32-26-15-8-7-14-24(26)28(34-30)22-12-5-4-6-13-22;1-14-13-16(21(26)27)11-12-18(14)23-22-24-19-10-6-5-9-17(19)20(25-22)15-7-3-2-4-8-15;15-14-16-12-9-5-4-8-11(12)13(17-14)10-6-2-1-3-7-10;1-6-5-7(9(11)12-2)3-4-8(6)10;1-6-4-3-5-7(2)8(6)9/h4-18H,1-3H3,(H,33,35)(H,31,32,34);2-13H,1H3,(H,26,27)(H,23,24,25);1-9H;3-5H,10H2,1-2H3;3-5H,9H2,1-2H3. The van der Waals surface area contributed by atoms with Gasteiger partial charge in [-0.1, -0.05) is 182 Å². The molecule has 498 valence electrons. The molecule has 0 atom stereocenters. The molecule has 16 nitrogen and oxygen atoms in total. The number of hydrogen-bond donors (Lipinski definition) is 6. The van der Waals surface area contributed by atoms with Crippen LogP contribution in [0.1, 0.15) is 70.0 Å². The molecule has 0 spiro atoms. The first kappa shape index (κ1) is 70.1. The van der Waals surface area contributed by atoms with Gasteiger partial charge in [0.05, 0.1) is 51.9 Å². The molecule has 0 unspecified atom stereocenters. The fourth-order valence-corrected chi connectivity index (χ4v) is 11.0. The van der Waals surface area contributed by atoms with Crippen molar-refractivity contribution in [2.24, 2.45) is 0 Å². The summed E-state index contributed by atoms with van der Waals surface area (Å²) < 4.78 is 4.55. The Labute approximate surface area is 585 Å². The van der Waals surface area contributed by atoms with Crippen LogP contribution >= 0.6 is 11.6 Å². The lowest BCUT2D eigenvalue weighted by Crippen LogP contribution is -2.14. The van der Waals surface area contributed by atoms with Gasteiger partial charge in [0.25, 0.3) is 5.91 Å². The van der Waals surface area contributed by atoms with Gasteiger partial charge in [0.2, 0.25) is 17.2 Å². The van der Waals surface area contributed by atoms with Crippen LogP contribution in [-0.4, -0.2) is 60.0 Å². The normalized spacial score (nSPS) is 10.5. The molecular formula is C83H74ClN11O5. The Bertz CT molecular complexity index is 5210. The molecule has 0 fully saturated rings. The second kappa shape index (κ2) is 32.9. The van der Waals surface area contributed by atoms with Crippen LogP contribution in [0.2, 0.25) is 5.28 Å². The summed E-state index contributed by atoms with van der Waals surface area (Å²) in [5.41, 5.74) is 32.0. The molecule has 0 saturated carbocycles. The lowest BCUT2D eigenvalue weighted by atomic mass is 10.1. The predicted molar refractivity (Wildman–Crippen MR) is 407 cm³/mol. The molecule has 0 radical (unpaired) electrons. The Kier molecular flexibility index (Phi) is 23.0. The van der Waals surface area contributed by atoms with Crippen LogP contribution in [0, 0.1) is 48.5 Å². The number of carboxylic acid groups (broad SMARTS) is 1. The number of carboxylic acids is 1. The van der Waals surface area contributed by atoms with Crippen LogP contribution in [0.4, 0.5) is 40.3 Å². The van der Waals surface area contributed by atoms with Gasteiger partial charge in [-0.25, -0.2) is 39.5 Å². The molecular weight excluding hydrogens is 1270 g/mol. The number of aromatic nitrogens is 6. The number of nitrogens with two attached hydrogens (primary N) is 2. The van der Waals surface area contributed by atoms with Crippen molar-refractivity contribution in [3.63, 3.8) is 0 Å². The summed E-state index contributed by atoms with van der Waals surface area (Å²) in [5, 5.41) is 22.0. The van der Waals surface area contributed by atoms with E-state index in [0.29, 0.717) is 28.7 Å². The molecule has 1 amide bonds. The maximum atomic E-state index is 12.9. The number of anilines is 7. The summed E-state index contributed by atoms with van der Waals surface area (Å²) >= 11 is 5.95. The Balaban J connectivity index is 0.000000146. The van der Waals surface area contributed by atoms with Crippen molar-refractivity contribution >= 4 is 102 Å². The Morgan fingerprint density at radius 2 is 0.770 bits per heavy atom. The number of para-hydroxylation sites is 5. The number of benzene rings is 11. The van der Waals surface area contributed by atoms with Gasteiger partial charge >= 0.3 is 11.9 Å². The maximum absolute atomic E-state index is 12.9. The van der Waals surface area contributed by atoms with Crippen LogP contribution in [-0.2, 0) is 4.74 Å². The number of aryl methyl sites for hydroxylation is 7. The van der Waals surface area contributed by atoms with E-state index in [1.54, 1.807) is 36.4 Å². The quantitative estimate of drug-likeness (QED) is 0.0400. The Hall–Kier alpha value is -12.7. The summed E-state index contributed by atoms with van der Waals surface area (Å²) in [6.07, 6.45) is 0. The molecule has 14 rings (SSSR count). The first-order valence-corrected chi connectivity index (χ1v) is 32.4. The first-order chi connectivity index (χ1) is 48.3. The van der Waals surface area contributed by atoms with E-state index in [2.05, 4.69) is 35.6 Å². The van der Waals surface area contributed by atoms with Gasteiger partial charge in [0.15, 0.2) is 0 Å². The van der Waals surface area contributed by atoms with Gasteiger partial charge in [-0.3, -0.25) is 4.79 Å². The zero-order valence-corrected chi connectivity index (χ0v) is 57.3. The third kappa shape index (κ3) is 17.7. The average molecular weight is 1340 g/mol. The first-order valence-electron chi connectivity index (χ1n) is 32.1. The van der Waals surface area contributed by atoms with Crippen LogP contribution in [0.3, 0.4) is 0 Å². The van der Waals surface area contributed by atoms with E-state index >= 15 is 0 Å². The van der Waals surface area contributed by atoms with E-state index in [-0.39, 0.29) is 22.7 Å². The van der Waals surface area contributed by atoms with Crippen molar-refractivity contribution in [2.45, 2.75) is 48.5 Å². The number of carbonyl (C=O) groups excluding carboxylic acids is 2.